The van der Waals surface area contributed by atoms with E-state index in [1.165, 1.54) is 6.33 Å². The van der Waals surface area contributed by atoms with Crippen LogP contribution < -0.4 is 5.73 Å². The molecule has 0 unspecified atom stereocenters. The van der Waals surface area contributed by atoms with Gasteiger partial charge in [0, 0.05) is 24.4 Å². The standard InChI is InChI=1S/C9H11N5/c1-6-7(4-13-14(6)2)8-3-9(10)12-5-11-8/h3-5H,1-2H3,(H2,10,11,12). The normalized spacial score (nSPS) is 10.4. The molecule has 0 saturated carbocycles. The van der Waals surface area contributed by atoms with Crippen molar-refractivity contribution in [1.29, 1.82) is 0 Å². The smallest absolute Gasteiger partial charge is 0.127 e. The lowest BCUT2D eigenvalue weighted by Gasteiger charge is -1.99. The molecule has 5 nitrogen and oxygen atoms in total. The average Bonchev–Trinajstić information content (AvgIpc) is 2.48. The highest BCUT2D eigenvalue weighted by molar-refractivity contribution is 5.62. The van der Waals surface area contributed by atoms with Gasteiger partial charge in [-0.05, 0) is 6.92 Å². The summed E-state index contributed by atoms with van der Waals surface area (Å²) in [6.07, 6.45) is 3.23. The maximum absolute atomic E-state index is 5.57. The fourth-order valence-corrected chi connectivity index (χ4v) is 1.27. The van der Waals surface area contributed by atoms with E-state index >= 15 is 0 Å². The van der Waals surface area contributed by atoms with Gasteiger partial charge in [-0.25, -0.2) is 9.97 Å². The lowest BCUT2D eigenvalue weighted by Crippen LogP contribution is -1.95. The maximum Gasteiger partial charge on any atom is 0.127 e. The van der Waals surface area contributed by atoms with Gasteiger partial charge in [-0.2, -0.15) is 5.10 Å². The van der Waals surface area contributed by atoms with E-state index in [1.54, 1.807) is 16.9 Å². The van der Waals surface area contributed by atoms with E-state index in [9.17, 15) is 0 Å². The van der Waals surface area contributed by atoms with Crippen LogP contribution in [-0.4, -0.2) is 19.7 Å². The van der Waals surface area contributed by atoms with E-state index in [4.69, 9.17) is 5.73 Å². The van der Waals surface area contributed by atoms with Crippen molar-refractivity contribution in [1.82, 2.24) is 19.7 Å². The molecular weight excluding hydrogens is 178 g/mol. The number of hydrogen-bond acceptors (Lipinski definition) is 4. The summed E-state index contributed by atoms with van der Waals surface area (Å²) in [6, 6.07) is 1.74. The van der Waals surface area contributed by atoms with Crippen molar-refractivity contribution in [2.45, 2.75) is 6.92 Å². The van der Waals surface area contributed by atoms with Gasteiger partial charge >= 0.3 is 0 Å². The monoisotopic (exact) mass is 189 g/mol. The zero-order valence-electron chi connectivity index (χ0n) is 8.10. The van der Waals surface area contributed by atoms with Gasteiger partial charge in [0.2, 0.25) is 0 Å². The van der Waals surface area contributed by atoms with Crippen molar-refractivity contribution in [3.05, 3.63) is 24.3 Å². The van der Waals surface area contributed by atoms with Gasteiger partial charge in [-0.3, -0.25) is 4.68 Å². The molecule has 0 fully saturated rings. The fraction of sp³-hybridized carbons (Fsp3) is 0.222. The zero-order chi connectivity index (χ0) is 10.1. The number of hydrogen-bond donors (Lipinski definition) is 1. The molecule has 14 heavy (non-hydrogen) atoms. The number of anilines is 1. The first-order valence-electron chi connectivity index (χ1n) is 4.25. The molecule has 2 rings (SSSR count). The Morgan fingerprint density at radius 2 is 2.14 bits per heavy atom. The van der Waals surface area contributed by atoms with E-state index in [2.05, 4.69) is 15.1 Å². The SMILES string of the molecule is Cc1c(-c2cc(N)ncn2)cnn1C. The topological polar surface area (TPSA) is 69.6 Å². The molecule has 2 heterocycles. The van der Waals surface area contributed by atoms with Gasteiger partial charge in [0.15, 0.2) is 0 Å². The van der Waals surface area contributed by atoms with Crippen LogP contribution in [0.15, 0.2) is 18.6 Å². The van der Waals surface area contributed by atoms with Gasteiger partial charge in [-0.1, -0.05) is 0 Å². The van der Waals surface area contributed by atoms with Crippen LogP contribution in [0, 0.1) is 6.92 Å². The van der Waals surface area contributed by atoms with Gasteiger partial charge in [0.05, 0.1) is 11.9 Å². The second-order valence-electron chi connectivity index (χ2n) is 3.10. The van der Waals surface area contributed by atoms with Crippen molar-refractivity contribution in [2.24, 2.45) is 7.05 Å². The Kier molecular flexibility index (Phi) is 1.92. The Morgan fingerprint density at radius 3 is 2.71 bits per heavy atom. The molecule has 0 radical (unpaired) electrons. The summed E-state index contributed by atoms with van der Waals surface area (Å²) in [5.74, 6) is 0.471. The van der Waals surface area contributed by atoms with Crippen molar-refractivity contribution < 1.29 is 0 Å². The maximum atomic E-state index is 5.57. The van der Waals surface area contributed by atoms with E-state index in [1.807, 2.05) is 14.0 Å². The quantitative estimate of drug-likeness (QED) is 0.719. The minimum atomic E-state index is 0.471. The van der Waals surface area contributed by atoms with Crippen molar-refractivity contribution >= 4 is 5.82 Å². The Bertz CT molecular complexity index is 460. The summed E-state index contributed by atoms with van der Waals surface area (Å²) >= 11 is 0. The summed E-state index contributed by atoms with van der Waals surface area (Å²) in [4.78, 5) is 7.98. The minimum Gasteiger partial charge on any atom is -0.384 e. The molecule has 0 atom stereocenters. The summed E-state index contributed by atoms with van der Waals surface area (Å²) in [6.45, 7) is 1.99. The van der Waals surface area contributed by atoms with Gasteiger partial charge < -0.3 is 5.73 Å². The molecule has 0 spiro atoms. The third kappa shape index (κ3) is 1.32. The lowest BCUT2D eigenvalue weighted by atomic mass is 10.2. The molecule has 0 aliphatic carbocycles. The Morgan fingerprint density at radius 1 is 1.36 bits per heavy atom. The summed E-state index contributed by atoms with van der Waals surface area (Å²) in [7, 11) is 1.89. The zero-order valence-corrected chi connectivity index (χ0v) is 8.10. The van der Waals surface area contributed by atoms with Crippen LogP contribution >= 0.6 is 0 Å². The predicted octanol–water partition coefficient (Wildman–Crippen LogP) is 0.768. The molecule has 2 aromatic rings. The third-order valence-electron chi connectivity index (χ3n) is 2.20. The molecule has 2 N–H and O–H groups in total. The van der Waals surface area contributed by atoms with Crippen LogP contribution in [0.3, 0.4) is 0 Å². The van der Waals surface area contributed by atoms with Crippen LogP contribution in [0.2, 0.25) is 0 Å². The van der Waals surface area contributed by atoms with Crippen LogP contribution in [-0.2, 0) is 7.05 Å². The second-order valence-corrected chi connectivity index (χ2v) is 3.10. The molecule has 0 aromatic carbocycles. The highest BCUT2D eigenvalue weighted by Gasteiger charge is 2.07. The van der Waals surface area contributed by atoms with E-state index in [0.717, 1.165) is 17.0 Å². The first kappa shape index (κ1) is 8.68. The van der Waals surface area contributed by atoms with E-state index in [0.29, 0.717) is 5.82 Å². The van der Waals surface area contributed by atoms with Crippen molar-refractivity contribution in [2.75, 3.05) is 5.73 Å². The Hall–Kier alpha value is -1.91. The van der Waals surface area contributed by atoms with Crippen LogP contribution in [0.4, 0.5) is 5.82 Å². The number of nitrogens with two attached hydrogens (primary N) is 1. The van der Waals surface area contributed by atoms with Crippen molar-refractivity contribution in [3.63, 3.8) is 0 Å². The second kappa shape index (κ2) is 3.10. The molecule has 0 amide bonds. The van der Waals surface area contributed by atoms with Gasteiger partial charge in [0.1, 0.15) is 12.1 Å². The van der Waals surface area contributed by atoms with Gasteiger partial charge in [-0.15, -0.1) is 0 Å². The van der Waals surface area contributed by atoms with E-state index in [-0.39, 0.29) is 0 Å². The summed E-state index contributed by atoms with van der Waals surface area (Å²) in [5.41, 5.74) is 8.43. The molecule has 0 aliphatic rings. The first-order chi connectivity index (χ1) is 6.68. The Labute approximate surface area is 81.6 Å². The molecular formula is C9H11N5. The predicted molar refractivity (Wildman–Crippen MR) is 53.4 cm³/mol. The van der Waals surface area contributed by atoms with Crippen LogP contribution in [0.25, 0.3) is 11.3 Å². The number of aromatic nitrogens is 4. The highest BCUT2D eigenvalue weighted by Crippen LogP contribution is 2.20. The molecule has 5 heteroatoms. The van der Waals surface area contributed by atoms with Crippen LogP contribution in [0.5, 0.6) is 0 Å². The third-order valence-corrected chi connectivity index (χ3v) is 2.20. The summed E-state index contributed by atoms with van der Waals surface area (Å²) in [5, 5.41) is 4.14. The van der Waals surface area contributed by atoms with Crippen LogP contribution in [0.1, 0.15) is 5.69 Å². The number of nitrogen functional groups attached to an aromatic ring is 1. The molecule has 0 saturated heterocycles. The largest absolute Gasteiger partial charge is 0.384 e. The average molecular weight is 189 g/mol. The molecule has 2 aromatic heterocycles. The first-order valence-corrected chi connectivity index (χ1v) is 4.25. The minimum absolute atomic E-state index is 0.471. The summed E-state index contributed by atoms with van der Waals surface area (Å²) < 4.78 is 1.80. The molecule has 0 bridgehead atoms. The van der Waals surface area contributed by atoms with Crippen molar-refractivity contribution in [3.8, 4) is 11.3 Å². The number of aryl methyl sites for hydroxylation is 1. The molecule has 72 valence electrons. The Balaban J connectivity index is 2.55. The lowest BCUT2D eigenvalue weighted by molar-refractivity contribution is 0.740. The number of rotatable bonds is 1. The number of nitrogens with zero attached hydrogens (tertiary/aromatic N) is 4. The van der Waals surface area contributed by atoms with Gasteiger partial charge in [0.25, 0.3) is 0 Å². The van der Waals surface area contributed by atoms with E-state index < -0.39 is 0 Å². The highest BCUT2D eigenvalue weighted by atomic mass is 15.3. The molecule has 0 aliphatic heterocycles. The fourth-order valence-electron chi connectivity index (χ4n) is 1.27.